The van der Waals surface area contributed by atoms with Crippen molar-refractivity contribution in [3.8, 4) is 0 Å². The van der Waals surface area contributed by atoms with Crippen LogP contribution in [0.15, 0.2) is 23.2 Å². The number of carbonyl (C=O) groups excluding carboxylic acids is 1. The fraction of sp³-hybridized carbons (Fsp3) is 0.579. The number of hydrogen-bond donors (Lipinski definition) is 0. The molecule has 0 radical (unpaired) electrons. The molecule has 1 aromatic carbocycles. The lowest BCUT2D eigenvalue weighted by Gasteiger charge is -2.45. The predicted molar refractivity (Wildman–Crippen MR) is 97.2 cm³/mol. The average molecular weight is 362 g/mol. The van der Waals surface area contributed by atoms with Crippen molar-refractivity contribution in [1.29, 1.82) is 0 Å². The van der Waals surface area contributed by atoms with Gasteiger partial charge < -0.3 is 4.74 Å². The zero-order valence-electron chi connectivity index (χ0n) is 14.8. The molecule has 134 valence electrons. The molecular formula is C19H23FN2O2S. The van der Waals surface area contributed by atoms with E-state index in [9.17, 15) is 9.18 Å². The quantitative estimate of drug-likeness (QED) is 0.769. The zero-order chi connectivity index (χ0) is 17.8. The highest BCUT2D eigenvalue weighted by molar-refractivity contribution is 8.13. The Morgan fingerprint density at radius 3 is 2.68 bits per heavy atom. The summed E-state index contributed by atoms with van der Waals surface area (Å²) in [5.41, 5.74) is 0.113. The molecule has 1 heterocycles. The number of aliphatic imine (C=N–C) groups is 1. The van der Waals surface area contributed by atoms with Crippen LogP contribution in [0.1, 0.15) is 36.8 Å². The standard InChI is InChI=1S/C19H23FN2O2S/c1-22-16(23)19(21-17(22)25-3)14-5-4-6-15(20)13(14)11-18(19)9-7-12(24-2)8-10-18/h4-6,12H,7-11H2,1-3H3/t12-,18-,19?. The van der Waals surface area contributed by atoms with Crippen molar-refractivity contribution >= 4 is 22.8 Å². The Morgan fingerprint density at radius 1 is 1.36 bits per heavy atom. The number of halogens is 1. The van der Waals surface area contributed by atoms with Crippen molar-refractivity contribution < 1.29 is 13.9 Å². The molecule has 4 nitrogen and oxygen atoms in total. The number of hydrogen-bond acceptors (Lipinski definition) is 4. The van der Waals surface area contributed by atoms with E-state index in [0.717, 1.165) is 36.4 Å². The molecule has 0 N–H and O–H groups in total. The van der Waals surface area contributed by atoms with Crippen molar-refractivity contribution in [2.45, 2.75) is 43.7 Å². The number of nitrogens with zero attached hydrogens (tertiary/aromatic N) is 2. The number of ether oxygens (including phenoxy) is 1. The van der Waals surface area contributed by atoms with E-state index in [4.69, 9.17) is 9.73 Å². The van der Waals surface area contributed by atoms with Crippen molar-refractivity contribution in [3.05, 3.63) is 35.1 Å². The molecule has 1 saturated carbocycles. The second kappa shape index (κ2) is 5.81. The molecule has 2 aliphatic carbocycles. The molecule has 1 amide bonds. The van der Waals surface area contributed by atoms with E-state index < -0.39 is 5.54 Å². The molecule has 1 atom stereocenters. The van der Waals surface area contributed by atoms with Crippen LogP contribution < -0.4 is 0 Å². The van der Waals surface area contributed by atoms with Gasteiger partial charge in [-0.2, -0.15) is 0 Å². The minimum Gasteiger partial charge on any atom is -0.381 e. The van der Waals surface area contributed by atoms with E-state index in [1.807, 2.05) is 12.3 Å². The maximum absolute atomic E-state index is 14.6. The molecule has 3 aliphatic rings. The van der Waals surface area contributed by atoms with Gasteiger partial charge in [-0.1, -0.05) is 23.9 Å². The topological polar surface area (TPSA) is 41.9 Å². The van der Waals surface area contributed by atoms with Gasteiger partial charge in [-0.25, -0.2) is 9.38 Å². The first-order valence-electron chi connectivity index (χ1n) is 8.72. The van der Waals surface area contributed by atoms with Crippen LogP contribution in [0.2, 0.25) is 0 Å². The number of rotatable bonds is 1. The van der Waals surface area contributed by atoms with Gasteiger partial charge >= 0.3 is 0 Å². The summed E-state index contributed by atoms with van der Waals surface area (Å²) < 4.78 is 20.1. The monoisotopic (exact) mass is 362 g/mol. The second-order valence-electron chi connectivity index (χ2n) is 7.33. The van der Waals surface area contributed by atoms with Crippen LogP contribution in [0.5, 0.6) is 0 Å². The Morgan fingerprint density at radius 2 is 2.08 bits per heavy atom. The lowest BCUT2D eigenvalue weighted by molar-refractivity contribution is -0.137. The van der Waals surface area contributed by atoms with E-state index in [1.54, 1.807) is 25.1 Å². The molecule has 1 aliphatic heterocycles. The predicted octanol–water partition coefficient (Wildman–Crippen LogP) is 3.34. The maximum Gasteiger partial charge on any atom is 0.261 e. The molecule has 4 rings (SSSR count). The molecule has 1 unspecified atom stereocenters. The summed E-state index contributed by atoms with van der Waals surface area (Å²) in [6, 6.07) is 5.10. The first-order valence-corrected chi connectivity index (χ1v) is 9.94. The van der Waals surface area contributed by atoms with Gasteiger partial charge in [-0.15, -0.1) is 0 Å². The summed E-state index contributed by atoms with van der Waals surface area (Å²) in [7, 11) is 3.51. The minimum absolute atomic E-state index is 0.0166. The normalized spacial score (nSPS) is 34.1. The average Bonchev–Trinajstić information content (AvgIpc) is 3.05. The van der Waals surface area contributed by atoms with Crippen LogP contribution >= 0.6 is 11.8 Å². The lowest BCUT2D eigenvalue weighted by Crippen LogP contribution is -2.51. The first-order chi connectivity index (χ1) is 12.0. The van der Waals surface area contributed by atoms with Crippen LogP contribution in [0.3, 0.4) is 0 Å². The van der Waals surface area contributed by atoms with Gasteiger partial charge in [0.25, 0.3) is 5.91 Å². The SMILES string of the molecule is CO[C@H]1CC[C@]2(CC1)Cc1c(F)cccc1C21N=C(SC)N(C)C1=O. The molecule has 1 aromatic rings. The van der Waals surface area contributed by atoms with Gasteiger partial charge in [-0.3, -0.25) is 9.69 Å². The van der Waals surface area contributed by atoms with E-state index in [2.05, 4.69) is 0 Å². The summed E-state index contributed by atoms with van der Waals surface area (Å²) in [5.74, 6) is -0.233. The lowest BCUT2D eigenvalue weighted by atomic mass is 9.61. The number of amides is 1. The third-order valence-corrected chi connectivity index (χ3v) is 7.09. The zero-order valence-corrected chi connectivity index (χ0v) is 15.7. The van der Waals surface area contributed by atoms with Crippen molar-refractivity contribution in [2.24, 2.45) is 10.4 Å². The third kappa shape index (κ3) is 2.10. The van der Waals surface area contributed by atoms with Crippen LogP contribution in [-0.2, 0) is 21.5 Å². The van der Waals surface area contributed by atoms with Crippen LogP contribution in [-0.4, -0.2) is 42.5 Å². The molecule has 0 saturated heterocycles. The van der Waals surface area contributed by atoms with E-state index in [-0.39, 0.29) is 23.2 Å². The molecular weight excluding hydrogens is 339 g/mol. The summed E-state index contributed by atoms with van der Waals surface area (Å²) >= 11 is 1.47. The number of amidine groups is 1. The van der Waals surface area contributed by atoms with Gasteiger partial charge in [0.05, 0.1) is 6.10 Å². The van der Waals surface area contributed by atoms with E-state index >= 15 is 0 Å². The van der Waals surface area contributed by atoms with Gasteiger partial charge in [0.15, 0.2) is 10.7 Å². The highest BCUT2D eigenvalue weighted by Crippen LogP contribution is 2.62. The molecule has 25 heavy (non-hydrogen) atoms. The number of fused-ring (bicyclic) bond motifs is 3. The van der Waals surface area contributed by atoms with Crippen molar-refractivity contribution in [1.82, 2.24) is 4.90 Å². The van der Waals surface area contributed by atoms with Crippen molar-refractivity contribution in [3.63, 3.8) is 0 Å². The van der Waals surface area contributed by atoms with Crippen LogP contribution in [0.25, 0.3) is 0 Å². The summed E-state index contributed by atoms with van der Waals surface area (Å²) in [5, 5.41) is 0.718. The Bertz CT molecular complexity index is 758. The van der Waals surface area contributed by atoms with Crippen LogP contribution in [0, 0.1) is 11.2 Å². The Kier molecular flexibility index (Phi) is 3.96. The number of thioether (sulfide) groups is 1. The smallest absolute Gasteiger partial charge is 0.261 e. The largest absolute Gasteiger partial charge is 0.381 e. The minimum atomic E-state index is -0.976. The van der Waals surface area contributed by atoms with E-state index in [0.29, 0.717) is 12.0 Å². The second-order valence-corrected chi connectivity index (χ2v) is 8.10. The number of likely N-dealkylation sites (N-methyl/N-ethyl adjacent to an activating group) is 1. The summed E-state index contributed by atoms with van der Waals surface area (Å²) in [4.78, 5) is 20.0. The Balaban J connectivity index is 1.91. The number of benzene rings is 1. The number of methoxy groups -OCH3 is 1. The van der Waals surface area contributed by atoms with Gasteiger partial charge in [0, 0.05) is 19.6 Å². The van der Waals surface area contributed by atoms with Gasteiger partial charge in [0.1, 0.15) is 5.82 Å². The fourth-order valence-corrected chi connectivity index (χ4v) is 5.63. The van der Waals surface area contributed by atoms with Gasteiger partial charge in [0.2, 0.25) is 0 Å². The first kappa shape index (κ1) is 17.0. The molecule has 2 spiro atoms. The Labute approximate surface area is 151 Å². The molecule has 0 aromatic heterocycles. The molecule has 0 bridgehead atoms. The molecule has 1 fully saturated rings. The van der Waals surface area contributed by atoms with Crippen molar-refractivity contribution in [2.75, 3.05) is 20.4 Å². The highest BCUT2D eigenvalue weighted by atomic mass is 32.2. The highest BCUT2D eigenvalue weighted by Gasteiger charge is 2.66. The van der Waals surface area contributed by atoms with Gasteiger partial charge in [-0.05, 0) is 55.6 Å². The third-order valence-electron chi connectivity index (χ3n) is 6.36. The summed E-state index contributed by atoms with van der Waals surface area (Å²) in [6.07, 6.45) is 6.14. The Hall–Kier alpha value is -1.40. The summed E-state index contributed by atoms with van der Waals surface area (Å²) in [6.45, 7) is 0. The van der Waals surface area contributed by atoms with Crippen LogP contribution in [0.4, 0.5) is 4.39 Å². The fourth-order valence-electron chi connectivity index (χ4n) is 5.05. The number of carbonyl (C=O) groups is 1. The van der Waals surface area contributed by atoms with E-state index in [1.165, 1.54) is 17.8 Å². The molecule has 6 heteroatoms. The maximum atomic E-state index is 14.6.